The predicted molar refractivity (Wildman–Crippen MR) is 137 cm³/mol. The van der Waals surface area contributed by atoms with E-state index in [2.05, 4.69) is 10.4 Å². The van der Waals surface area contributed by atoms with E-state index in [1.807, 2.05) is 36.1 Å². The Morgan fingerprint density at radius 3 is 2.47 bits per heavy atom. The lowest BCUT2D eigenvalue weighted by molar-refractivity contribution is -0.131. The molecule has 1 saturated heterocycles. The number of nitrogens with one attached hydrogen (secondary N) is 1. The fourth-order valence-electron chi connectivity index (χ4n) is 4.68. The summed E-state index contributed by atoms with van der Waals surface area (Å²) in [5.74, 6) is 0.121. The fourth-order valence-corrected chi connectivity index (χ4v) is 5.06. The highest BCUT2D eigenvalue weighted by molar-refractivity contribution is 6.34. The van der Waals surface area contributed by atoms with E-state index < -0.39 is 0 Å². The lowest BCUT2D eigenvalue weighted by atomic mass is 9.89. The summed E-state index contributed by atoms with van der Waals surface area (Å²) in [6, 6.07) is 12.0. The zero-order valence-electron chi connectivity index (χ0n) is 20.7. The number of halogens is 2. The molecule has 1 aliphatic rings. The van der Waals surface area contributed by atoms with Crippen LogP contribution in [0.4, 0.5) is 10.1 Å². The summed E-state index contributed by atoms with van der Waals surface area (Å²) in [5.41, 5.74) is 3.43. The van der Waals surface area contributed by atoms with Crippen molar-refractivity contribution in [3.05, 3.63) is 75.8 Å². The van der Waals surface area contributed by atoms with Crippen LogP contribution in [-0.2, 0) is 24.7 Å². The van der Waals surface area contributed by atoms with Gasteiger partial charge in [-0.05, 0) is 61.1 Å². The van der Waals surface area contributed by atoms with E-state index >= 15 is 0 Å². The molecule has 1 fully saturated rings. The Kier molecular flexibility index (Phi) is 7.94. The maximum absolute atomic E-state index is 13.6. The standard InChI is InChI=1S/C27H30ClFN4O3/c1-4-22-25(28)26(32(2)31-22)27(35)30-21-8-5-17(6-9-21)18-11-13-33(14-12-18)24(34)16-19-15-20(29)7-10-23(19)36-3/h5-10,15,18H,4,11-14,16H2,1-3H3,(H,30,35). The zero-order valence-corrected chi connectivity index (χ0v) is 21.4. The molecule has 9 heteroatoms. The molecule has 4 rings (SSSR count). The third kappa shape index (κ3) is 5.54. The molecule has 2 amide bonds. The molecule has 1 aliphatic heterocycles. The molecule has 3 aromatic rings. The molecule has 0 atom stereocenters. The number of amides is 2. The van der Waals surface area contributed by atoms with Gasteiger partial charge in [0.1, 0.15) is 17.3 Å². The monoisotopic (exact) mass is 512 g/mol. The van der Waals surface area contributed by atoms with Gasteiger partial charge in [0.2, 0.25) is 5.91 Å². The SMILES string of the molecule is CCc1nn(C)c(C(=O)Nc2ccc(C3CCN(C(=O)Cc4cc(F)ccc4OC)CC3)cc2)c1Cl. The minimum absolute atomic E-state index is 0.0320. The van der Waals surface area contributed by atoms with Crippen LogP contribution >= 0.6 is 11.6 Å². The van der Waals surface area contributed by atoms with Gasteiger partial charge in [0, 0.05) is 31.4 Å². The first-order chi connectivity index (χ1) is 17.3. The summed E-state index contributed by atoms with van der Waals surface area (Å²) in [5, 5.41) is 7.57. The van der Waals surface area contributed by atoms with E-state index in [9.17, 15) is 14.0 Å². The number of hydrogen-bond donors (Lipinski definition) is 1. The number of benzene rings is 2. The summed E-state index contributed by atoms with van der Waals surface area (Å²) < 4.78 is 20.4. The number of carbonyl (C=O) groups is 2. The van der Waals surface area contributed by atoms with Crippen LogP contribution in [0.2, 0.25) is 5.02 Å². The summed E-state index contributed by atoms with van der Waals surface area (Å²) in [7, 11) is 3.22. The average molecular weight is 513 g/mol. The highest BCUT2D eigenvalue weighted by atomic mass is 35.5. The van der Waals surface area contributed by atoms with Crippen LogP contribution in [0.25, 0.3) is 0 Å². The number of rotatable bonds is 7. The number of aryl methyl sites for hydroxylation is 2. The second kappa shape index (κ2) is 11.1. The van der Waals surface area contributed by atoms with Gasteiger partial charge >= 0.3 is 0 Å². The number of aromatic nitrogens is 2. The van der Waals surface area contributed by atoms with Crippen molar-refractivity contribution < 1.29 is 18.7 Å². The predicted octanol–water partition coefficient (Wildman–Crippen LogP) is 4.98. The Hall–Kier alpha value is -3.39. The van der Waals surface area contributed by atoms with Gasteiger partial charge in [-0.1, -0.05) is 30.7 Å². The van der Waals surface area contributed by atoms with Crippen LogP contribution in [0.3, 0.4) is 0 Å². The zero-order chi connectivity index (χ0) is 25.8. The van der Waals surface area contributed by atoms with Crippen molar-refractivity contribution in [3.63, 3.8) is 0 Å². The molecule has 190 valence electrons. The van der Waals surface area contributed by atoms with Crippen molar-refractivity contribution in [2.45, 2.75) is 38.5 Å². The first-order valence-electron chi connectivity index (χ1n) is 12.0. The Bertz CT molecular complexity index is 1250. The van der Waals surface area contributed by atoms with Gasteiger partial charge in [0.15, 0.2) is 0 Å². The van der Waals surface area contributed by atoms with E-state index in [0.29, 0.717) is 58.8 Å². The van der Waals surface area contributed by atoms with Gasteiger partial charge < -0.3 is 15.0 Å². The minimum atomic E-state index is -0.383. The number of likely N-dealkylation sites (tertiary alicyclic amines) is 1. The molecule has 0 spiro atoms. The second-order valence-electron chi connectivity index (χ2n) is 8.95. The topological polar surface area (TPSA) is 76.5 Å². The number of anilines is 1. The molecule has 7 nitrogen and oxygen atoms in total. The van der Waals surface area contributed by atoms with Crippen LogP contribution in [0.5, 0.6) is 5.75 Å². The second-order valence-corrected chi connectivity index (χ2v) is 9.33. The molecule has 0 radical (unpaired) electrons. The number of nitrogens with zero attached hydrogens (tertiary/aromatic N) is 3. The average Bonchev–Trinajstić information content (AvgIpc) is 3.17. The molecular formula is C27H30ClFN4O3. The Balaban J connectivity index is 1.33. The third-order valence-corrected chi connectivity index (χ3v) is 7.07. The van der Waals surface area contributed by atoms with Crippen LogP contribution in [0.15, 0.2) is 42.5 Å². The fraction of sp³-hybridized carbons (Fsp3) is 0.370. The van der Waals surface area contributed by atoms with E-state index in [4.69, 9.17) is 16.3 Å². The molecule has 36 heavy (non-hydrogen) atoms. The quantitative estimate of drug-likeness (QED) is 0.484. The normalized spacial score (nSPS) is 14.1. The lowest BCUT2D eigenvalue weighted by Crippen LogP contribution is -2.38. The minimum Gasteiger partial charge on any atom is -0.496 e. The molecular weight excluding hydrogens is 483 g/mol. The Morgan fingerprint density at radius 2 is 1.86 bits per heavy atom. The molecule has 2 heterocycles. The van der Waals surface area contributed by atoms with E-state index in [1.165, 1.54) is 29.5 Å². The van der Waals surface area contributed by atoms with Crippen LogP contribution in [-0.4, -0.2) is 46.7 Å². The number of carbonyl (C=O) groups excluding carboxylic acids is 2. The van der Waals surface area contributed by atoms with Crippen molar-refractivity contribution in [3.8, 4) is 5.75 Å². The van der Waals surface area contributed by atoms with E-state index in [-0.39, 0.29) is 24.1 Å². The highest BCUT2D eigenvalue weighted by Crippen LogP contribution is 2.30. The molecule has 0 unspecified atom stereocenters. The van der Waals surface area contributed by atoms with Gasteiger partial charge in [-0.3, -0.25) is 14.3 Å². The number of hydrogen-bond acceptors (Lipinski definition) is 4. The van der Waals surface area contributed by atoms with Crippen LogP contribution in [0, 0.1) is 5.82 Å². The van der Waals surface area contributed by atoms with Crippen molar-refractivity contribution in [2.24, 2.45) is 7.05 Å². The van der Waals surface area contributed by atoms with Crippen LogP contribution in [0.1, 0.15) is 53.0 Å². The first-order valence-corrected chi connectivity index (χ1v) is 12.4. The number of piperidine rings is 1. The lowest BCUT2D eigenvalue weighted by Gasteiger charge is -2.32. The Labute approximate surface area is 215 Å². The molecule has 0 aliphatic carbocycles. The van der Waals surface area contributed by atoms with Crippen molar-refractivity contribution >= 4 is 29.1 Å². The van der Waals surface area contributed by atoms with E-state index in [1.54, 1.807) is 13.1 Å². The maximum Gasteiger partial charge on any atom is 0.275 e. The van der Waals surface area contributed by atoms with Gasteiger partial charge in [0.05, 0.1) is 24.2 Å². The van der Waals surface area contributed by atoms with Crippen molar-refractivity contribution in [1.82, 2.24) is 14.7 Å². The molecule has 2 aromatic carbocycles. The summed E-state index contributed by atoms with van der Waals surface area (Å²) >= 11 is 6.32. The molecule has 0 saturated carbocycles. The first kappa shape index (κ1) is 25.7. The highest BCUT2D eigenvalue weighted by Gasteiger charge is 2.25. The molecule has 1 aromatic heterocycles. The summed E-state index contributed by atoms with van der Waals surface area (Å²) in [6.45, 7) is 3.22. The molecule has 1 N–H and O–H groups in total. The molecule has 0 bridgehead atoms. The third-order valence-electron chi connectivity index (χ3n) is 6.68. The van der Waals surface area contributed by atoms with Crippen molar-refractivity contribution in [1.29, 1.82) is 0 Å². The van der Waals surface area contributed by atoms with Gasteiger partial charge in [-0.2, -0.15) is 5.10 Å². The largest absolute Gasteiger partial charge is 0.496 e. The van der Waals surface area contributed by atoms with Gasteiger partial charge in [0.25, 0.3) is 5.91 Å². The van der Waals surface area contributed by atoms with Crippen molar-refractivity contribution in [2.75, 3.05) is 25.5 Å². The number of methoxy groups -OCH3 is 1. The van der Waals surface area contributed by atoms with Gasteiger partial charge in [-0.25, -0.2) is 4.39 Å². The summed E-state index contributed by atoms with van der Waals surface area (Å²) in [6.07, 6.45) is 2.43. The number of ether oxygens (including phenoxy) is 1. The smallest absolute Gasteiger partial charge is 0.275 e. The van der Waals surface area contributed by atoms with Crippen LogP contribution < -0.4 is 10.1 Å². The summed E-state index contributed by atoms with van der Waals surface area (Å²) in [4.78, 5) is 27.4. The van der Waals surface area contributed by atoms with E-state index in [0.717, 1.165) is 12.8 Å². The van der Waals surface area contributed by atoms with Gasteiger partial charge in [-0.15, -0.1) is 0 Å². The Morgan fingerprint density at radius 1 is 1.17 bits per heavy atom. The maximum atomic E-state index is 13.6.